The highest BCUT2D eigenvalue weighted by Crippen LogP contribution is 2.35. The molecule has 0 bridgehead atoms. The zero-order valence-corrected chi connectivity index (χ0v) is 16.4. The van der Waals surface area contributed by atoms with Gasteiger partial charge in [-0.3, -0.25) is 9.59 Å². The molecular weight excluding hydrogens is 376 g/mol. The van der Waals surface area contributed by atoms with Gasteiger partial charge in [0.2, 0.25) is 0 Å². The zero-order valence-electron chi connectivity index (χ0n) is 16.4. The maximum Gasteiger partial charge on any atom is 0.269 e. The lowest BCUT2D eigenvalue weighted by Crippen LogP contribution is -2.37. The van der Waals surface area contributed by atoms with Gasteiger partial charge >= 0.3 is 0 Å². The second kappa shape index (κ2) is 7.58. The molecule has 2 amide bonds. The van der Waals surface area contributed by atoms with Crippen molar-refractivity contribution < 1.29 is 24.2 Å². The van der Waals surface area contributed by atoms with E-state index < -0.39 is 23.5 Å². The number of aliphatic hydroxyl groups is 1. The minimum atomic E-state index is -1.32. The summed E-state index contributed by atoms with van der Waals surface area (Å²) in [5.74, 6) is 5.12. The van der Waals surface area contributed by atoms with Crippen LogP contribution >= 0.6 is 0 Å². The van der Waals surface area contributed by atoms with Gasteiger partial charge in [0.15, 0.2) is 6.10 Å². The molecule has 1 aromatic heterocycles. The van der Waals surface area contributed by atoms with E-state index in [1.54, 1.807) is 36.6 Å². The van der Waals surface area contributed by atoms with Crippen LogP contribution in [0.15, 0.2) is 18.2 Å². The van der Waals surface area contributed by atoms with Crippen molar-refractivity contribution in [2.45, 2.75) is 32.1 Å². The molecule has 29 heavy (non-hydrogen) atoms. The van der Waals surface area contributed by atoms with E-state index in [2.05, 4.69) is 16.8 Å². The highest BCUT2D eigenvalue weighted by Gasteiger charge is 2.30. The van der Waals surface area contributed by atoms with E-state index in [0.717, 1.165) is 0 Å². The van der Waals surface area contributed by atoms with Gasteiger partial charge in [0.1, 0.15) is 22.9 Å². The topological polar surface area (TPSA) is 143 Å². The maximum atomic E-state index is 11.8. The number of amides is 2. The van der Waals surface area contributed by atoms with Gasteiger partial charge < -0.3 is 30.6 Å². The molecule has 0 fully saturated rings. The number of nitrogens with two attached hydrogens (primary N) is 2. The molecule has 0 saturated carbocycles. The minimum Gasteiger partial charge on any atom is -0.478 e. The van der Waals surface area contributed by atoms with E-state index in [4.69, 9.17) is 20.9 Å². The van der Waals surface area contributed by atoms with Crippen LogP contribution in [0.1, 0.15) is 28.7 Å². The first-order valence-corrected chi connectivity index (χ1v) is 8.85. The number of benzene rings is 1. The van der Waals surface area contributed by atoms with Crippen LogP contribution < -0.4 is 16.2 Å². The maximum absolute atomic E-state index is 11.8. The number of ether oxygens (including phenoxy) is 2. The lowest BCUT2D eigenvalue weighted by molar-refractivity contribution is -0.125. The molecule has 0 radical (unpaired) electrons. The first kappa shape index (κ1) is 20.4. The van der Waals surface area contributed by atoms with E-state index in [9.17, 15) is 14.7 Å². The fraction of sp³-hybridized carbons (Fsp3) is 0.350. The minimum absolute atomic E-state index is 0.0555. The summed E-state index contributed by atoms with van der Waals surface area (Å²) in [6.45, 7) is 3.38. The monoisotopic (exact) mass is 398 g/mol. The van der Waals surface area contributed by atoms with Crippen LogP contribution in [0.3, 0.4) is 0 Å². The zero-order chi connectivity index (χ0) is 21.3. The number of primary amides is 2. The molecule has 152 valence electrons. The van der Waals surface area contributed by atoms with Gasteiger partial charge in [0.25, 0.3) is 11.8 Å². The third-order valence-electron chi connectivity index (χ3n) is 4.51. The summed E-state index contributed by atoms with van der Waals surface area (Å²) in [5.41, 5.74) is 11.3. The molecule has 2 atom stereocenters. The molecule has 1 aliphatic rings. The van der Waals surface area contributed by atoms with E-state index in [1.165, 1.54) is 7.11 Å². The Labute approximate surface area is 167 Å². The molecule has 2 heterocycles. The smallest absolute Gasteiger partial charge is 0.269 e. The molecule has 2 aromatic rings. The van der Waals surface area contributed by atoms with Crippen LogP contribution in [0.5, 0.6) is 5.75 Å². The van der Waals surface area contributed by atoms with Gasteiger partial charge in [-0.25, -0.2) is 4.98 Å². The third kappa shape index (κ3) is 4.08. The Morgan fingerprint density at radius 2 is 2.17 bits per heavy atom. The van der Waals surface area contributed by atoms with Crippen molar-refractivity contribution in [3.05, 3.63) is 35.2 Å². The summed E-state index contributed by atoms with van der Waals surface area (Å²) in [6.07, 6.45) is -0.942. The molecule has 5 N–H and O–H groups in total. The van der Waals surface area contributed by atoms with Gasteiger partial charge in [0.05, 0.1) is 18.7 Å². The number of methoxy groups -OCH3 is 1. The number of fused-ring (bicyclic) bond motifs is 3. The second-order valence-electron chi connectivity index (χ2n) is 7.02. The number of carbonyl (C=O) groups excluding carboxylic acids is 2. The summed E-state index contributed by atoms with van der Waals surface area (Å²) in [7, 11) is 1.48. The Morgan fingerprint density at radius 1 is 1.45 bits per heavy atom. The quantitative estimate of drug-likeness (QED) is 0.617. The van der Waals surface area contributed by atoms with E-state index in [0.29, 0.717) is 28.4 Å². The van der Waals surface area contributed by atoms with Crippen molar-refractivity contribution in [3.63, 3.8) is 0 Å². The molecule has 1 aliphatic heterocycles. The van der Waals surface area contributed by atoms with Gasteiger partial charge in [-0.1, -0.05) is 11.8 Å². The fourth-order valence-electron chi connectivity index (χ4n) is 3.11. The summed E-state index contributed by atoms with van der Waals surface area (Å²) < 4.78 is 12.4. The van der Waals surface area contributed by atoms with Crippen molar-refractivity contribution in [1.82, 2.24) is 9.55 Å². The van der Waals surface area contributed by atoms with Crippen LogP contribution in [-0.4, -0.2) is 51.9 Å². The average Bonchev–Trinajstić information content (AvgIpc) is 2.87. The van der Waals surface area contributed by atoms with Crippen LogP contribution in [0.2, 0.25) is 0 Å². The Morgan fingerprint density at radius 3 is 2.79 bits per heavy atom. The lowest BCUT2D eigenvalue weighted by atomic mass is 10.1. The van der Waals surface area contributed by atoms with Crippen LogP contribution in [0.25, 0.3) is 11.4 Å². The molecule has 2 unspecified atom stereocenters. The molecule has 0 spiro atoms. The van der Waals surface area contributed by atoms with Crippen molar-refractivity contribution in [2.75, 3.05) is 13.7 Å². The Hall–Kier alpha value is -3.35. The highest BCUT2D eigenvalue weighted by atomic mass is 16.5. The highest BCUT2D eigenvalue weighted by molar-refractivity contribution is 5.93. The molecule has 9 nitrogen and oxygen atoms in total. The third-order valence-corrected chi connectivity index (χ3v) is 4.51. The van der Waals surface area contributed by atoms with Crippen LogP contribution in [-0.2, 0) is 16.1 Å². The second-order valence-corrected chi connectivity index (χ2v) is 7.02. The molecule has 9 heteroatoms. The standard InChI is InChI=1S/C20H22N4O5/c1-11-16(18(22)26)23-19-13-8-12(6-7-20(2,27)10-28-3)4-5-14(13)29-15(17(21)25)9-24(11)19/h4-5,8,15,27H,9-10H2,1-3H3,(H2,21,25)(H2,22,26). The normalized spacial score (nSPS) is 16.9. The van der Waals surface area contributed by atoms with Crippen LogP contribution in [0.4, 0.5) is 0 Å². The van der Waals surface area contributed by atoms with Crippen molar-refractivity contribution in [2.24, 2.45) is 11.5 Å². The number of rotatable bonds is 4. The van der Waals surface area contributed by atoms with Crippen molar-refractivity contribution >= 4 is 11.8 Å². The van der Waals surface area contributed by atoms with Gasteiger partial charge in [-0.15, -0.1) is 0 Å². The number of aromatic nitrogens is 2. The summed E-state index contributed by atoms with van der Waals surface area (Å²) >= 11 is 0. The Kier molecular flexibility index (Phi) is 5.33. The van der Waals surface area contributed by atoms with E-state index in [-0.39, 0.29) is 18.8 Å². The molecule has 0 saturated heterocycles. The predicted octanol–water partition coefficient (Wildman–Crippen LogP) is -0.0474. The Balaban J connectivity index is 2.15. The number of imidazole rings is 1. The molecule has 3 rings (SSSR count). The van der Waals surface area contributed by atoms with Crippen molar-refractivity contribution in [1.29, 1.82) is 0 Å². The summed E-state index contributed by atoms with van der Waals surface area (Å²) in [6, 6.07) is 5.04. The average molecular weight is 398 g/mol. The summed E-state index contributed by atoms with van der Waals surface area (Å²) in [5, 5.41) is 10.2. The SMILES string of the molecule is COCC(C)(O)C#Cc1ccc2c(c1)-c1nc(C(N)=O)c(C)n1CC(C(N)=O)O2. The van der Waals surface area contributed by atoms with Crippen LogP contribution in [0, 0.1) is 18.8 Å². The van der Waals surface area contributed by atoms with Gasteiger partial charge in [-0.05, 0) is 32.0 Å². The number of hydrogen-bond acceptors (Lipinski definition) is 6. The summed E-state index contributed by atoms with van der Waals surface area (Å²) in [4.78, 5) is 27.9. The molecule has 0 aliphatic carbocycles. The first-order valence-electron chi connectivity index (χ1n) is 8.85. The first-order chi connectivity index (χ1) is 13.6. The van der Waals surface area contributed by atoms with Gasteiger partial charge in [-0.2, -0.15) is 0 Å². The Bertz CT molecular complexity index is 1050. The fourth-order valence-corrected chi connectivity index (χ4v) is 3.11. The molecular formula is C20H22N4O5. The predicted molar refractivity (Wildman–Crippen MR) is 104 cm³/mol. The lowest BCUT2D eigenvalue weighted by Gasteiger charge is -2.15. The molecule has 1 aromatic carbocycles. The van der Waals surface area contributed by atoms with E-state index >= 15 is 0 Å². The van der Waals surface area contributed by atoms with E-state index in [1.807, 2.05) is 0 Å². The van der Waals surface area contributed by atoms with Gasteiger partial charge in [0, 0.05) is 18.4 Å². The number of hydrogen-bond donors (Lipinski definition) is 3. The van der Waals surface area contributed by atoms with Crippen molar-refractivity contribution in [3.8, 4) is 29.0 Å². The number of carbonyl (C=O) groups is 2. The largest absolute Gasteiger partial charge is 0.478 e. The number of nitrogens with zero attached hydrogens (tertiary/aromatic N) is 2.